The number of halogens is 6. The number of aromatic nitrogens is 1. The minimum atomic E-state index is -4.86. The van der Waals surface area contributed by atoms with Crippen molar-refractivity contribution >= 4 is 28.6 Å². The van der Waals surface area contributed by atoms with E-state index in [-0.39, 0.29) is 15.3 Å². The van der Waals surface area contributed by atoms with Gasteiger partial charge in [-0.1, -0.05) is 0 Å². The predicted octanol–water partition coefficient (Wildman–Crippen LogP) is 3.36. The summed E-state index contributed by atoms with van der Waals surface area (Å²) in [5, 5.41) is 0. The summed E-state index contributed by atoms with van der Waals surface area (Å²) in [6.45, 7) is 0. The number of nitrogens with zero attached hydrogens (tertiary/aromatic N) is 1. The SMILES string of the molecule is COC(=O)Cc1nc(C(F)(F)F)cc(C(F)F)c1I. The third kappa shape index (κ3) is 3.98. The summed E-state index contributed by atoms with van der Waals surface area (Å²) in [7, 11) is 1.04. The number of ether oxygens (including phenoxy) is 1. The molecule has 3 nitrogen and oxygen atoms in total. The van der Waals surface area contributed by atoms with Crippen molar-refractivity contribution in [2.24, 2.45) is 0 Å². The fourth-order valence-corrected chi connectivity index (χ4v) is 1.94. The molecular formula is C10H7F5INO2. The summed E-state index contributed by atoms with van der Waals surface area (Å²) < 4.78 is 67.1. The van der Waals surface area contributed by atoms with Crippen molar-refractivity contribution in [1.29, 1.82) is 0 Å². The molecular weight excluding hydrogens is 388 g/mol. The van der Waals surface area contributed by atoms with Crippen LogP contribution in [0.2, 0.25) is 0 Å². The molecule has 0 saturated carbocycles. The normalized spacial score (nSPS) is 11.8. The zero-order valence-corrected chi connectivity index (χ0v) is 11.6. The molecule has 0 spiro atoms. The smallest absolute Gasteiger partial charge is 0.433 e. The molecule has 9 heteroatoms. The highest BCUT2D eigenvalue weighted by Crippen LogP contribution is 2.34. The van der Waals surface area contributed by atoms with Crippen LogP contribution >= 0.6 is 22.6 Å². The Bertz CT molecular complexity index is 490. The van der Waals surface area contributed by atoms with E-state index in [2.05, 4.69) is 9.72 Å². The second-order valence-electron chi connectivity index (χ2n) is 3.41. The number of pyridine rings is 1. The quantitative estimate of drug-likeness (QED) is 0.448. The molecule has 0 radical (unpaired) electrons. The lowest BCUT2D eigenvalue weighted by molar-refractivity contribution is -0.143. The summed E-state index contributed by atoms with van der Waals surface area (Å²) in [5.41, 5.74) is -2.64. The van der Waals surface area contributed by atoms with Crippen molar-refractivity contribution < 1.29 is 31.5 Å². The van der Waals surface area contributed by atoms with Crippen molar-refractivity contribution in [1.82, 2.24) is 4.98 Å². The molecule has 0 aromatic carbocycles. The average Bonchev–Trinajstić information content (AvgIpc) is 2.29. The Morgan fingerprint density at radius 1 is 1.47 bits per heavy atom. The van der Waals surface area contributed by atoms with Gasteiger partial charge in [-0.3, -0.25) is 4.79 Å². The molecule has 106 valence electrons. The third-order valence-corrected chi connectivity index (χ3v) is 3.36. The van der Waals surface area contributed by atoms with Gasteiger partial charge in [0.2, 0.25) is 0 Å². The molecule has 0 N–H and O–H groups in total. The zero-order valence-electron chi connectivity index (χ0n) is 9.39. The largest absolute Gasteiger partial charge is 0.469 e. The van der Waals surface area contributed by atoms with Crippen molar-refractivity contribution in [3.05, 3.63) is 26.6 Å². The summed E-state index contributed by atoms with van der Waals surface area (Å²) in [5.74, 6) is -0.857. The molecule has 1 rings (SSSR count). The molecule has 0 atom stereocenters. The first-order chi connectivity index (χ1) is 8.66. The van der Waals surface area contributed by atoms with Crippen LogP contribution in [-0.2, 0) is 22.1 Å². The fraction of sp³-hybridized carbons (Fsp3) is 0.400. The lowest BCUT2D eigenvalue weighted by Gasteiger charge is -2.13. The van der Waals surface area contributed by atoms with E-state index in [0.717, 1.165) is 7.11 Å². The molecule has 0 fully saturated rings. The Labute approximate surface area is 118 Å². The van der Waals surface area contributed by atoms with Crippen LogP contribution in [0.5, 0.6) is 0 Å². The fourth-order valence-electron chi connectivity index (χ4n) is 1.23. The van der Waals surface area contributed by atoms with Crippen LogP contribution in [0.3, 0.4) is 0 Å². The number of rotatable bonds is 3. The van der Waals surface area contributed by atoms with E-state index in [4.69, 9.17) is 0 Å². The Hall–Kier alpha value is -1.00. The van der Waals surface area contributed by atoms with E-state index in [9.17, 15) is 26.7 Å². The number of alkyl halides is 5. The lowest BCUT2D eigenvalue weighted by Crippen LogP contribution is -2.15. The van der Waals surface area contributed by atoms with Crippen LogP contribution in [0.15, 0.2) is 6.07 Å². The number of esters is 1. The first-order valence-corrected chi connectivity index (χ1v) is 5.86. The Kier molecular flexibility index (Phi) is 5.04. The van der Waals surface area contributed by atoms with Crippen LogP contribution in [0.4, 0.5) is 22.0 Å². The summed E-state index contributed by atoms with van der Waals surface area (Å²) in [4.78, 5) is 14.2. The highest BCUT2D eigenvalue weighted by Gasteiger charge is 2.35. The molecule has 0 bridgehead atoms. The lowest BCUT2D eigenvalue weighted by atomic mass is 10.1. The van der Waals surface area contributed by atoms with E-state index in [1.807, 2.05) is 0 Å². The molecule has 0 saturated heterocycles. The van der Waals surface area contributed by atoms with Crippen LogP contribution in [0.25, 0.3) is 0 Å². The minimum Gasteiger partial charge on any atom is -0.469 e. The van der Waals surface area contributed by atoms with Gasteiger partial charge in [0.15, 0.2) is 0 Å². The van der Waals surface area contributed by atoms with Gasteiger partial charge in [0.1, 0.15) is 5.69 Å². The Balaban J connectivity index is 3.36. The molecule has 19 heavy (non-hydrogen) atoms. The molecule has 1 aromatic heterocycles. The van der Waals surface area contributed by atoms with E-state index in [1.54, 1.807) is 0 Å². The van der Waals surface area contributed by atoms with Gasteiger partial charge in [-0.15, -0.1) is 0 Å². The van der Waals surface area contributed by atoms with Crippen LogP contribution < -0.4 is 0 Å². The van der Waals surface area contributed by atoms with Gasteiger partial charge in [-0.05, 0) is 28.7 Å². The van der Waals surface area contributed by atoms with Crippen molar-refractivity contribution in [2.45, 2.75) is 19.0 Å². The van der Waals surface area contributed by atoms with E-state index < -0.39 is 36.2 Å². The standard InChI is InChI=1S/C10H7F5INO2/c1-19-7(18)3-5-8(16)4(9(11)12)2-6(17-5)10(13,14)15/h2,9H,3H2,1H3. The average molecular weight is 395 g/mol. The molecule has 0 aliphatic heterocycles. The van der Waals surface area contributed by atoms with Gasteiger partial charge in [-0.2, -0.15) is 13.2 Å². The monoisotopic (exact) mass is 395 g/mol. The maximum atomic E-state index is 12.7. The molecule has 1 aromatic rings. The summed E-state index contributed by atoms with van der Waals surface area (Å²) in [6.07, 6.45) is -8.55. The minimum absolute atomic E-state index is 0.175. The van der Waals surface area contributed by atoms with Gasteiger partial charge >= 0.3 is 12.1 Å². The van der Waals surface area contributed by atoms with E-state index in [0.29, 0.717) is 0 Å². The molecule has 0 unspecified atom stereocenters. The molecule has 0 amide bonds. The van der Waals surface area contributed by atoms with E-state index >= 15 is 0 Å². The number of carbonyl (C=O) groups excluding carboxylic acids is 1. The predicted molar refractivity (Wildman–Crippen MR) is 62.6 cm³/mol. The third-order valence-electron chi connectivity index (χ3n) is 2.12. The number of hydrogen-bond acceptors (Lipinski definition) is 3. The number of hydrogen-bond donors (Lipinski definition) is 0. The second kappa shape index (κ2) is 5.97. The molecule has 0 aliphatic carbocycles. The van der Waals surface area contributed by atoms with Gasteiger partial charge in [0.25, 0.3) is 6.43 Å². The maximum absolute atomic E-state index is 12.7. The Morgan fingerprint density at radius 3 is 2.47 bits per heavy atom. The summed E-state index contributed by atoms with van der Waals surface area (Å²) in [6, 6.07) is 0.285. The second-order valence-corrected chi connectivity index (χ2v) is 4.49. The van der Waals surface area contributed by atoms with Gasteiger partial charge in [0, 0.05) is 9.13 Å². The molecule has 1 heterocycles. The summed E-state index contributed by atoms with van der Waals surface area (Å²) >= 11 is 1.43. The van der Waals surface area contributed by atoms with Crippen LogP contribution in [0.1, 0.15) is 23.4 Å². The highest BCUT2D eigenvalue weighted by molar-refractivity contribution is 14.1. The van der Waals surface area contributed by atoms with E-state index in [1.165, 1.54) is 22.6 Å². The van der Waals surface area contributed by atoms with Gasteiger partial charge < -0.3 is 4.74 Å². The van der Waals surface area contributed by atoms with Crippen LogP contribution in [0, 0.1) is 3.57 Å². The number of methoxy groups -OCH3 is 1. The highest BCUT2D eigenvalue weighted by atomic mass is 127. The first-order valence-electron chi connectivity index (χ1n) is 4.78. The van der Waals surface area contributed by atoms with Gasteiger partial charge in [0.05, 0.1) is 19.2 Å². The maximum Gasteiger partial charge on any atom is 0.433 e. The van der Waals surface area contributed by atoms with Gasteiger partial charge in [-0.25, -0.2) is 13.8 Å². The topological polar surface area (TPSA) is 39.2 Å². The Morgan fingerprint density at radius 2 is 2.05 bits per heavy atom. The van der Waals surface area contributed by atoms with Crippen molar-refractivity contribution in [3.8, 4) is 0 Å². The van der Waals surface area contributed by atoms with Crippen LogP contribution in [-0.4, -0.2) is 18.1 Å². The molecule has 0 aliphatic rings. The van der Waals surface area contributed by atoms with Crippen molar-refractivity contribution in [3.63, 3.8) is 0 Å². The first kappa shape index (κ1) is 16.1. The zero-order chi connectivity index (χ0) is 14.8. The van der Waals surface area contributed by atoms with Crippen molar-refractivity contribution in [2.75, 3.05) is 7.11 Å². The number of carbonyl (C=O) groups is 1.